The lowest BCUT2D eigenvalue weighted by molar-refractivity contribution is 0.612. The van der Waals surface area contributed by atoms with E-state index in [1.165, 1.54) is 6.07 Å². The summed E-state index contributed by atoms with van der Waals surface area (Å²) in [5, 5.41) is 0. The van der Waals surface area contributed by atoms with Crippen molar-refractivity contribution in [2.45, 2.75) is 13.8 Å². The lowest BCUT2D eigenvalue weighted by Crippen LogP contribution is -1.93. The highest BCUT2D eigenvalue weighted by Crippen LogP contribution is 2.31. The molecule has 96 valence electrons. The molecule has 2 N–H and O–H groups in total. The van der Waals surface area contributed by atoms with Crippen LogP contribution >= 0.6 is 0 Å². The molecule has 0 aliphatic heterocycles. The summed E-state index contributed by atoms with van der Waals surface area (Å²) in [5.74, 6) is -0.117. The molecule has 3 nitrogen and oxygen atoms in total. The summed E-state index contributed by atoms with van der Waals surface area (Å²) in [6.45, 7) is 3.95. The van der Waals surface area contributed by atoms with Gasteiger partial charge in [-0.25, -0.2) is 9.37 Å². The van der Waals surface area contributed by atoms with Gasteiger partial charge in [0, 0.05) is 0 Å². The van der Waals surface area contributed by atoms with Crippen LogP contribution in [-0.4, -0.2) is 4.98 Å². The zero-order chi connectivity index (χ0) is 13.6. The van der Waals surface area contributed by atoms with Gasteiger partial charge in [0.05, 0.1) is 11.3 Å². The van der Waals surface area contributed by atoms with E-state index in [1.807, 2.05) is 26.0 Å². The molecule has 0 atom stereocenters. The highest BCUT2D eigenvalue weighted by molar-refractivity contribution is 5.82. The molecule has 1 aromatic heterocycles. The number of hydrogen-bond donors (Lipinski definition) is 1. The first-order chi connectivity index (χ1) is 9.06. The van der Waals surface area contributed by atoms with Crippen LogP contribution in [-0.2, 0) is 0 Å². The number of fused-ring (bicyclic) bond motifs is 1. The van der Waals surface area contributed by atoms with Crippen molar-refractivity contribution in [3.8, 4) is 11.5 Å². The van der Waals surface area contributed by atoms with Gasteiger partial charge in [0.1, 0.15) is 11.3 Å². The van der Waals surface area contributed by atoms with Gasteiger partial charge in [-0.2, -0.15) is 0 Å². The Labute approximate surface area is 109 Å². The molecular weight excluding hydrogens is 243 g/mol. The first-order valence-corrected chi connectivity index (χ1v) is 5.98. The molecule has 0 bridgehead atoms. The monoisotopic (exact) mass is 256 g/mol. The van der Waals surface area contributed by atoms with Crippen molar-refractivity contribution in [1.82, 2.24) is 4.98 Å². The molecule has 1 heterocycles. The second-order valence-corrected chi connectivity index (χ2v) is 4.65. The van der Waals surface area contributed by atoms with Crippen LogP contribution in [0.1, 0.15) is 11.1 Å². The fourth-order valence-corrected chi connectivity index (χ4v) is 2.22. The van der Waals surface area contributed by atoms with Gasteiger partial charge >= 0.3 is 0 Å². The van der Waals surface area contributed by atoms with Crippen molar-refractivity contribution in [2.75, 3.05) is 5.73 Å². The van der Waals surface area contributed by atoms with Crippen LogP contribution in [0.5, 0.6) is 0 Å². The molecule has 0 amide bonds. The van der Waals surface area contributed by atoms with Gasteiger partial charge in [-0.15, -0.1) is 0 Å². The van der Waals surface area contributed by atoms with Crippen molar-refractivity contribution in [1.29, 1.82) is 0 Å². The van der Waals surface area contributed by atoms with Crippen molar-refractivity contribution >= 4 is 16.8 Å². The van der Waals surface area contributed by atoms with E-state index in [9.17, 15) is 4.39 Å². The summed E-state index contributed by atoms with van der Waals surface area (Å²) in [4.78, 5) is 4.39. The number of nitrogen functional groups attached to an aromatic ring is 1. The lowest BCUT2D eigenvalue weighted by atomic mass is 10.1. The molecule has 0 radical (unpaired) electrons. The maximum Gasteiger partial charge on any atom is 0.229 e. The van der Waals surface area contributed by atoms with E-state index in [1.54, 1.807) is 12.1 Å². The maximum atomic E-state index is 13.5. The van der Waals surface area contributed by atoms with E-state index in [-0.39, 0.29) is 5.69 Å². The van der Waals surface area contributed by atoms with Crippen molar-refractivity contribution < 1.29 is 8.81 Å². The smallest absolute Gasteiger partial charge is 0.229 e. The summed E-state index contributed by atoms with van der Waals surface area (Å²) in [6, 6.07) is 8.56. The summed E-state index contributed by atoms with van der Waals surface area (Å²) in [5.41, 5.74) is 9.85. The van der Waals surface area contributed by atoms with E-state index >= 15 is 0 Å². The molecule has 2 aromatic carbocycles. The average molecular weight is 256 g/mol. The zero-order valence-electron chi connectivity index (χ0n) is 10.7. The average Bonchev–Trinajstić information content (AvgIpc) is 2.76. The van der Waals surface area contributed by atoms with Crippen LogP contribution < -0.4 is 5.73 Å². The highest BCUT2D eigenvalue weighted by Gasteiger charge is 2.14. The van der Waals surface area contributed by atoms with Crippen LogP contribution in [0.4, 0.5) is 10.1 Å². The topological polar surface area (TPSA) is 52.0 Å². The number of hydrogen-bond acceptors (Lipinski definition) is 3. The summed E-state index contributed by atoms with van der Waals surface area (Å²) >= 11 is 0. The number of aryl methyl sites for hydroxylation is 2. The predicted octanol–water partition coefficient (Wildman–Crippen LogP) is 3.83. The number of oxazole rings is 1. The minimum Gasteiger partial charge on any atom is -0.436 e. The second-order valence-electron chi connectivity index (χ2n) is 4.65. The Kier molecular flexibility index (Phi) is 2.52. The quantitative estimate of drug-likeness (QED) is 0.673. The first-order valence-electron chi connectivity index (χ1n) is 5.98. The normalized spacial score (nSPS) is 11.1. The largest absolute Gasteiger partial charge is 0.436 e. The maximum absolute atomic E-state index is 13.5. The van der Waals surface area contributed by atoms with E-state index < -0.39 is 5.82 Å². The Balaban J connectivity index is 2.26. The molecule has 0 fully saturated rings. The SMILES string of the molecule is Cc1cc(C)c2oc(-c3cccc(F)c3N)nc2c1. The van der Waals surface area contributed by atoms with Crippen LogP contribution in [0.25, 0.3) is 22.6 Å². The number of anilines is 1. The van der Waals surface area contributed by atoms with Gasteiger partial charge < -0.3 is 10.2 Å². The summed E-state index contributed by atoms with van der Waals surface area (Å²) < 4.78 is 19.2. The number of rotatable bonds is 1. The standard InChI is InChI=1S/C15H13FN2O/c1-8-6-9(2)14-12(7-8)18-15(19-14)10-4-3-5-11(16)13(10)17/h3-7H,17H2,1-2H3. The molecule has 3 rings (SSSR count). The van der Waals surface area contributed by atoms with E-state index in [2.05, 4.69) is 4.98 Å². The molecule has 19 heavy (non-hydrogen) atoms. The zero-order valence-corrected chi connectivity index (χ0v) is 10.7. The van der Waals surface area contributed by atoms with Gasteiger partial charge in [-0.05, 0) is 43.2 Å². The van der Waals surface area contributed by atoms with Crippen molar-refractivity contribution in [3.05, 3.63) is 47.3 Å². The number of benzene rings is 2. The van der Waals surface area contributed by atoms with Crippen LogP contribution in [0.2, 0.25) is 0 Å². The lowest BCUT2D eigenvalue weighted by Gasteiger charge is -2.01. The second kappa shape index (κ2) is 4.09. The van der Waals surface area contributed by atoms with Gasteiger partial charge in [0.2, 0.25) is 5.89 Å². The predicted molar refractivity (Wildman–Crippen MR) is 73.3 cm³/mol. The molecule has 0 spiro atoms. The Morgan fingerprint density at radius 3 is 2.79 bits per heavy atom. The molecule has 0 saturated carbocycles. The minimum absolute atomic E-state index is 0.0587. The third-order valence-electron chi connectivity index (χ3n) is 3.10. The molecule has 0 aliphatic carbocycles. The fraction of sp³-hybridized carbons (Fsp3) is 0.133. The van der Waals surface area contributed by atoms with Gasteiger partial charge in [-0.1, -0.05) is 12.1 Å². The third kappa shape index (κ3) is 1.85. The Morgan fingerprint density at radius 2 is 2.00 bits per heavy atom. The first kappa shape index (κ1) is 11.7. The summed E-state index contributed by atoms with van der Waals surface area (Å²) in [6.07, 6.45) is 0. The van der Waals surface area contributed by atoms with E-state index in [0.29, 0.717) is 17.0 Å². The Morgan fingerprint density at radius 1 is 1.21 bits per heavy atom. The van der Waals surface area contributed by atoms with E-state index in [4.69, 9.17) is 10.2 Å². The van der Waals surface area contributed by atoms with Gasteiger partial charge in [0.15, 0.2) is 5.58 Å². The highest BCUT2D eigenvalue weighted by atomic mass is 19.1. The van der Waals surface area contributed by atoms with Gasteiger partial charge in [-0.3, -0.25) is 0 Å². The van der Waals surface area contributed by atoms with Crippen LogP contribution in [0.3, 0.4) is 0 Å². The number of para-hydroxylation sites is 1. The fourth-order valence-electron chi connectivity index (χ4n) is 2.22. The molecule has 4 heteroatoms. The van der Waals surface area contributed by atoms with E-state index in [0.717, 1.165) is 16.6 Å². The Hall–Kier alpha value is -2.36. The minimum atomic E-state index is -0.465. The summed E-state index contributed by atoms with van der Waals surface area (Å²) in [7, 11) is 0. The van der Waals surface area contributed by atoms with Gasteiger partial charge in [0.25, 0.3) is 0 Å². The number of nitrogens with two attached hydrogens (primary N) is 1. The number of nitrogens with zero attached hydrogens (tertiary/aromatic N) is 1. The Bertz CT molecular complexity index is 777. The third-order valence-corrected chi connectivity index (χ3v) is 3.10. The molecule has 0 aliphatic rings. The molecule has 3 aromatic rings. The van der Waals surface area contributed by atoms with Crippen molar-refractivity contribution in [2.24, 2.45) is 0 Å². The number of aromatic nitrogens is 1. The molecule has 0 saturated heterocycles. The molecule has 0 unspecified atom stereocenters. The van der Waals surface area contributed by atoms with Crippen LogP contribution in [0.15, 0.2) is 34.7 Å². The molecular formula is C15H13FN2O. The van der Waals surface area contributed by atoms with Crippen molar-refractivity contribution in [3.63, 3.8) is 0 Å². The van der Waals surface area contributed by atoms with Crippen LogP contribution in [0, 0.1) is 19.7 Å². The number of halogens is 1.